The van der Waals surface area contributed by atoms with Crippen LogP contribution in [0.2, 0.25) is 18.1 Å². The van der Waals surface area contributed by atoms with E-state index in [0.717, 1.165) is 19.5 Å². The standard InChI is InChI=1S/C18H36N2O3Si/c1-17(2,3)22-16(21)20-12-14(9-15(20)13-10-19-11-13)23-24(7,8)18(4,5)6/h13-15,19H,9-12H2,1-8H3/t14-,15+/m1/s1. The lowest BCUT2D eigenvalue weighted by molar-refractivity contribution is 0.0138. The van der Waals surface area contributed by atoms with Crippen LogP contribution in [0, 0.1) is 5.92 Å². The molecule has 1 amide bonds. The lowest BCUT2D eigenvalue weighted by Crippen LogP contribution is -2.54. The van der Waals surface area contributed by atoms with Crippen LogP contribution in [-0.2, 0) is 9.16 Å². The number of amides is 1. The van der Waals surface area contributed by atoms with E-state index in [0.29, 0.717) is 12.5 Å². The highest BCUT2D eigenvalue weighted by atomic mass is 28.4. The summed E-state index contributed by atoms with van der Waals surface area (Å²) in [5.41, 5.74) is -0.460. The van der Waals surface area contributed by atoms with Gasteiger partial charge in [-0.2, -0.15) is 0 Å². The number of carbonyl (C=O) groups is 1. The van der Waals surface area contributed by atoms with E-state index >= 15 is 0 Å². The number of nitrogens with zero attached hydrogens (tertiary/aromatic N) is 1. The van der Waals surface area contributed by atoms with Crippen molar-refractivity contribution in [2.45, 2.75) is 83.8 Å². The Morgan fingerprint density at radius 1 is 1.12 bits per heavy atom. The third-order valence-corrected chi connectivity index (χ3v) is 10.1. The van der Waals surface area contributed by atoms with Crippen molar-refractivity contribution >= 4 is 14.4 Å². The van der Waals surface area contributed by atoms with E-state index < -0.39 is 13.9 Å². The Hall–Kier alpha value is -0.593. The minimum Gasteiger partial charge on any atom is -0.444 e. The van der Waals surface area contributed by atoms with Gasteiger partial charge in [0.25, 0.3) is 0 Å². The summed E-state index contributed by atoms with van der Waals surface area (Å²) in [7, 11) is -1.83. The van der Waals surface area contributed by atoms with Crippen LogP contribution in [0.25, 0.3) is 0 Å². The summed E-state index contributed by atoms with van der Waals surface area (Å²) >= 11 is 0. The van der Waals surface area contributed by atoms with Gasteiger partial charge in [0.15, 0.2) is 8.32 Å². The predicted octanol–water partition coefficient (Wildman–Crippen LogP) is 3.61. The highest BCUT2D eigenvalue weighted by Crippen LogP contribution is 2.40. The SMILES string of the molecule is CC(C)(C)OC(=O)N1C[C@H](O[Si](C)(C)C(C)(C)C)C[C@H]1C1CNC1. The smallest absolute Gasteiger partial charge is 0.410 e. The van der Waals surface area contributed by atoms with Gasteiger partial charge in [0.1, 0.15) is 5.60 Å². The number of nitrogens with one attached hydrogen (secondary N) is 1. The van der Waals surface area contributed by atoms with Crippen molar-refractivity contribution < 1.29 is 14.0 Å². The van der Waals surface area contributed by atoms with Crippen molar-refractivity contribution in [3.8, 4) is 0 Å². The van der Waals surface area contributed by atoms with Crippen molar-refractivity contribution in [2.24, 2.45) is 5.92 Å². The fourth-order valence-electron chi connectivity index (χ4n) is 3.07. The first-order valence-corrected chi connectivity index (χ1v) is 12.1. The molecule has 0 bridgehead atoms. The molecule has 0 aliphatic carbocycles. The Morgan fingerprint density at radius 3 is 2.12 bits per heavy atom. The number of likely N-dealkylation sites (tertiary alicyclic amines) is 1. The molecule has 140 valence electrons. The number of carbonyl (C=O) groups excluding carboxylic acids is 1. The van der Waals surface area contributed by atoms with Gasteiger partial charge in [-0.1, -0.05) is 20.8 Å². The maximum absolute atomic E-state index is 12.7. The molecular formula is C18H36N2O3Si. The molecule has 0 aromatic rings. The highest BCUT2D eigenvalue weighted by Gasteiger charge is 2.47. The monoisotopic (exact) mass is 356 g/mol. The highest BCUT2D eigenvalue weighted by molar-refractivity contribution is 6.74. The van der Waals surface area contributed by atoms with E-state index in [1.807, 2.05) is 25.7 Å². The summed E-state index contributed by atoms with van der Waals surface area (Å²) in [6.45, 7) is 19.7. The average Bonchev–Trinajstić information content (AvgIpc) is 2.65. The zero-order valence-corrected chi connectivity index (χ0v) is 17.7. The van der Waals surface area contributed by atoms with Crippen molar-refractivity contribution in [3.05, 3.63) is 0 Å². The third kappa shape index (κ3) is 4.52. The van der Waals surface area contributed by atoms with Crippen molar-refractivity contribution in [1.29, 1.82) is 0 Å². The molecule has 2 aliphatic rings. The lowest BCUT2D eigenvalue weighted by atomic mass is 9.92. The molecule has 2 heterocycles. The molecule has 5 nitrogen and oxygen atoms in total. The Morgan fingerprint density at radius 2 is 1.71 bits per heavy atom. The number of hydrogen-bond donors (Lipinski definition) is 1. The lowest BCUT2D eigenvalue weighted by Gasteiger charge is -2.38. The first kappa shape index (κ1) is 19.7. The maximum Gasteiger partial charge on any atom is 0.410 e. The van der Waals surface area contributed by atoms with Crippen LogP contribution in [0.3, 0.4) is 0 Å². The van der Waals surface area contributed by atoms with Gasteiger partial charge in [0, 0.05) is 31.6 Å². The molecule has 0 saturated carbocycles. The molecule has 0 unspecified atom stereocenters. The summed E-state index contributed by atoms with van der Waals surface area (Å²) < 4.78 is 12.2. The number of ether oxygens (including phenoxy) is 1. The van der Waals surface area contributed by atoms with E-state index in [1.54, 1.807) is 0 Å². The number of rotatable bonds is 3. The van der Waals surface area contributed by atoms with Crippen molar-refractivity contribution in [1.82, 2.24) is 10.2 Å². The summed E-state index contributed by atoms with van der Waals surface area (Å²) in [5, 5.41) is 3.50. The van der Waals surface area contributed by atoms with Gasteiger partial charge in [-0.3, -0.25) is 0 Å². The molecule has 1 N–H and O–H groups in total. The zero-order valence-electron chi connectivity index (χ0n) is 16.7. The quantitative estimate of drug-likeness (QED) is 0.785. The molecule has 6 heteroatoms. The van der Waals surface area contributed by atoms with Gasteiger partial charge in [-0.25, -0.2) is 4.79 Å². The third-order valence-electron chi connectivity index (χ3n) is 5.56. The predicted molar refractivity (Wildman–Crippen MR) is 99.8 cm³/mol. The van der Waals surface area contributed by atoms with E-state index in [1.165, 1.54) is 0 Å². The van der Waals surface area contributed by atoms with E-state index in [4.69, 9.17) is 9.16 Å². The summed E-state index contributed by atoms with van der Waals surface area (Å²) in [5.74, 6) is 0.519. The van der Waals surface area contributed by atoms with Crippen molar-refractivity contribution in [3.63, 3.8) is 0 Å². The fraction of sp³-hybridized carbons (Fsp3) is 0.944. The van der Waals surface area contributed by atoms with Crippen LogP contribution >= 0.6 is 0 Å². The molecule has 2 atom stereocenters. The molecule has 2 fully saturated rings. The molecular weight excluding hydrogens is 320 g/mol. The van der Waals surface area contributed by atoms with Gasteiger partial charge in [-0.15, -0.1) is 0 Å². The molecule has 24 heavy (non-hydrogen) atoms. The number of hydrogen-bond acceptors (Lipinski definition) is 4. The van der Waals surface area contributed by atoms with Crippen LogP contribution in [-0.4, -0.2) is 56.7 Å². The molecule has 0 spiro atoms. The summed E-state index contributed by atoms with van der Waals surface area (Å²) in [6, 6.07) is 0.232. The molecule has 0 aromatic heterocycles. The van der Waals surface area contributed by atoms with Crippen LogP contribution in [0.4, 0.5) is 4.79 Å². The minimum absolute atomic E-state index is 0.129. The second-order valence-electron chi connectivity index (χ2n) is 9.85. The largest absolute Gasteiger partial charge is 0.444 e. The Labute approximate surface area is 148 Å². The van der Waals surface area contributed by atoms with Gasteiger partial charge in [-0.05, 0) is 45.3 Å². The van der Waals surface area contributed by atoms with Gasteiger partial charge in [0.05, 0.1) is 6.10 Å². The molecule has 0 radical (unpaired) electrons. The van der Waals surface area contributed by atoms with Crippen LogP contribution < -0.4 is 5.32 Å². The molecule has 2 rings (SSSR count). The van der Waals surface area contributed by atoms with E-state index in [-0.39, 0.29) is 23.3 Å². The minimum atomic E-state index is -1.83. The first-order valence-electron chi connectivity index (χ1n) is 9.18. The Kier molecular flexibility index (Phi) is 5.44. The van der Waals surface area contributed by atoms with E-state index in [9.17, 15) is 4.79 Å². The summed E-state index contributed by atoms with van der Waals surface area (Å²) in [4.78, 5) is 14.6. The molecule has 2 saturated heterocycles. The van der Waals surface area contributed by atoms with Crippen LogP contribution in [0.5, 0.6) is 0 Å². The zero-order chi connectivity index (χ0) is 18.3. The van der Waals surface area contributed by atoms with Gasteiger partial charge < -0.3 is 19.4 Å². The van der Waals surface area contributed by atoms with Crippen LogP contribution in [0.1, 0.15) is 48.0 Å². The maximum atomic E-state index is 12.7. The second kappa shape index (κ2) is 6.61. The Bertz CT molecular complexity index is 464. The topological polar surface area (TPSA) is 50.8 Å². The summed E-state index contributed by atoms with van der Waals surface area (Å²) in [6.07, 6.45) is 0.864. The van der Waals surface area contributed by atoms with E-state index in [2.05, 4.69) is 39.2 Å². The van der Waals surface area contributed by atoms with Crippen molar-refractivity contribution in [2.75, 3.05) is 19.6 Å². The normalized spacial score (nSPS) is 26.4. The van der Waals surface area contributed by atoms with Crippen LogP contribution in [0.15, 0.2) is 0 Å². The second-order valence-corrected chi connectivity index (χ2v) is 14.6. The fourth-order valence-corrected chi connectivity index (χ4v) is 4.42. The Balaban J connectivity index is 2.08. The molecule has 0 aromatic carbocycles. The first-order chi connectivity index (χ1) is 10.8. The molecule has 2 aliphatic heterocycles. The average molecular weight is 357 g/mol. The van der Waals surface area contributed by atoms with Gasteiger partial charge >= 0.3 is 6.09 Å². The van der Waals surface area contributed by atoms with Gasteiger partial charge in [0.2, 0.25) is 0 Å².